The Morgan fingerprint density at radius 3 is 2.28 bits per heavy atom. The van der Waals surface area contributed by atoms with Gasteiger partial charge < -0.3 is 10.6 Å². The number of carbonyl (C=O) groups is 1. The van der Waals surface area contributed by atoms with Gasteiger partial charge in [-0.05, 0) is 36.2 Å². The van der Waals surface area contributed by atoms with Crippen molar-refractivity contribution in [2.24, 2.45) is 5.73 Å². The molecule has 0 saturated carbocycles. The predicted octanol–water partition coefficient (Wildman–Crippen LogP) is 2.26. The second-order valence-electron chi connectivity index (χ2n) is 6.07. The van der Waals surface area contributed by atoms with Gasteiger partial charge >= 0.3 is 0 Å². The van der Waals surface area contributed by atoms with E-state index in [0.29, 0.717) is 18.7 Å². The maximum absolute atomic E-state index is 12.5. The van der Waals surface area contributed by atoms with Gasteiger partial charge in [0.05, 0.1) is 10.6 Å². The Kier molecular flexibility index (Phi) is 6.21. The van der Waals surface area contributed by atoms with Crippen LogP contribution in [0.1, 0.15) is 22.3 Å². The summed E-state index contributed by atoms with van der Waals surface area (Å²) in [4.78, 5) is 14.3. The summed E-state index contributed by atoms with van der Waals surface area (Å²) < 4.78 is 24.9. The summed E-state index contributed by atoms with van der Waals surface area (Å²) in [5, 5.41) is 0. The fourth-order valence-electron chi connectivity index (χ4n) is 2.84. The summed E-state index contributed by atoms with van der Waals surface area (Å²) in [6.07, 6.45) is 0.801. The van der Waals surface area contributed by atoms with Crippen molar-refractivity contribution in [2.75, 3.05) is 13.1 Å². The second-order valence-corrected chi connectivity index (χ2v) is 8.06. The first-order chi connectivity index (χ1) is 11.5. The van der Waals surface area contributed by atoms with Gasteiger partial charge in [-0.25, -0.2) is 8.42 Å². The molecule has 1 saturated heterocycles. The van der Waals surface area contributed by atoms with E-state index in [1.54, 1.807) is 29.2 Å². The molecule has 0 radical (unpaired) electrons. The molecule has 5 nitrogen and oxygen atoms in total. The van der Waals surface area contributed by atoms with Gasteiger partial charge in [0.1, 0.15) is 0 Å². The topological polar surface area (TPSA) is 80.5 Å². The number of amides is 1. The lowest BCUT2D eigenvalue weighted by molar-refractivity contribution is 0.0791. The van der Waals surface area contributed by atoms with Gasteiger partial charge in [-0.1, -0.05) is 30.3 Å². The zero-order valence-corrected chi connectivity index (χ0v) is 15.3. The van der Waals surface area contributed by atoms with E-state index in [-0.39, 0.29) is 35.0 Å². The van der Waals surface area contributed by atoms with Crippen LogP contribution in [0, 0.1) is 0 Å². The van der Waals surface area contributed by atoms with Crippen LogP contribution in [0.25, 0.3) is 0 Å². The van der Waals surface area contributed by atoms with Crippen LogP contribution in [-0.2, 0) is 15.6 Å². The van der Waals surface area contributed by atoms with Crippen LogP contribution in [0.15, 0.2) is 59.5 Å². The van der Waals surface area contributed by atoms with E-state index in [2.05, 4.69) is 0 Å². The first-order valence-electron chi connectivity index (χ1n) is 7.87. The Bertz CT molecular complexity index is 823. The lowest BCUT2D eigenvalue weighted by Crippen LogP contribution is -2.31. The standard InChI is InChI=1S/C18H20N2O3S.ClH/c19-16-10-11-20(12-16)18(21)15-6-8-17(9-7-15)24(22,23)13-14-4-2-1-3-5-14;/h1-9,16H,10-13,19H2;1H. The number of hydrogen-bond donors (Lipinski definition) is 1. The van der Waals surface area contributed by atoms with E-state index < -0.39 is 9.84 Å². The van der Waals surface area contributed by atoms with Crippen LogP contribution in [0.4, 0.5) is 0 Å². The van der Waals surface area contributed by atoms with Crippen molar-refractivity contribution < 1.29 is 13.2 Å². The Morgan fingerprint density at radius 1 is 1.08 bits per heavy atom. The average Bonchev–Trinajstić information content (AvgIpc) is 3.01. The normalized spacial score (nSPS) is 17.2. The third-order valence-electron chi connectivity index (χ3n) is 4.17. The zero-order valence-electron chi connectivity index (χ0n) is 13.7. The van der Waals surface area contributed by atoms with Gasteiger partial charge in [0.15, 0.2) is 9.84 Å². The Morgan fingerprint density at radius 2 is 1.72 bits per heavy atom. The maximum atomic E-state index is 12.5. The summed E-state index contributed by atoms with van der Waals surface area (Å²) in [6, 6.07) is 15.2. The van der Waals surface area contributed by atoms with Crippen LogP contribution in [0.5, 0.6) is 0 Å². The molecular weight excluding hydrogens is 360 g/mol. The molecule has 1 aliphatic rings. The molecule has 1 amide bonds. The van der Waals surface area contributed by atoms with Gasteiger partial charge in [0.25, 0.3) is 5.91 Å². The van der Waals surface area contributed by atoms with Crippen LogP contribution < -0.4 is 5.73 Å². The Balaban J connectivity index is 0.00000225. The third kappa shape index (κ3) is 4.60. The van der Waals surface area contributed by atoms with E-state index >= 15 is 0 Å². The number of carbonyl (C=O) groups excluding carboxylic acids is 1. The van der Waals surface area contributed by atoms with Crippen molar-refractivity contribution in [1.29, 1.82) is 0 Å². The molecule has 0 spiro atoms. The van der Waals surface area contributed by atoms with Crippen molar-refractivity contribution in [3.05, 3.63) is 65.7 Å². The van der Waals surface area contributed by atoms with Crippen molar-refractivity contribution in [3.8, 4) is 0 Å². The van der Waals surface area contributed by atoms with Crippen LogP contribution in [0.3, 0.4) is 0 Å². The molecule has 2 aromatic carbocycles. The molecule has 134 valence electrons. The molecule has 0 aromatic heterocycles. The van der Waals surface area contributed by atoms with Gasteiger partial charge in [-0.2, -0.15) is 0 Å². The van der Waals surface area contributed by atoms with Gasteiger partial charge in [0.2, 0.25) is 0 Å². The molecule has 2 N–H and O–H groups in total. The zero-order chi connectivity index (χ0) is 17.2. The van der Waals surface area contributed by atoms with E-state index in [4.69, 9.17) is 5.73 Å². The van der Waals surface area contributed by atoms with Gasteiger partial charge in [-0.15, -0.1) is 12.4 Å². The lowest BCUT2D eigenvalue weighted by Gasteiger charge is -2.16. The maximum Gasteiger partial charge on any atom is 0.253 e. The molecule has 1 atom stereocenters. The van der Waals surface area contributed by atoms with E-state index in [9.17, 15) is 13.2 Å². The fraction of sp³-hybridized carbons (Fsp3) is 0.278. The Hall–Kier alpha value is -1.89. The van der Waals surface area contributed by atoms with E-state index in [0.717, 1.165) is 12.0 Å². The molecule has 7 heteroatoms. The number of sulfone groups is 1. The highest BCUT2D eigenvalue weighted by molar-refractivity contribution is 7.90. The molecule has 2 aromatic rings. The van der Waals surface area contributed by atoms with Crippen molar-refractivity contribution in [3.63, 3.8) is 0 Å². The molecule has 1 unspecified atom stereocenters. The van der Waals surface area contributed by atoms with Crippen LogP contribution in [0.2, 0.25) is 0 Å². The average molecular weight is 381 g/mol. The summed E-state index contributed by atoms with van der Waals surface area (Å²) in [5.74, 6) is -0.155. The minimum absolute atomic E-state index is 0. The van der Waals surface area contributed by atoms with Crippen LogP contribution >= 0.6 is 12.4 Å². The van der Waals surface area contributed by atoms with E-state index in [1.165, 1.54) is 12.1 Å². The van der Waals surface area contributed by atoms with Crippen LogP contribution in [-0.4, -0.2) is 38.4 Å². The molecule has 1 fully saturated rings. The summed E-state index contributed by atoms with van der Waals surface area (Å²) in [7, 11) is -3.43. The fourth-order valence-corrected chi connectivity index (χ4v) is 4.18. The number of likely N-dealkylation sites (tertiary alicyclic amines) is 1. The largest absolute Gasteiger partial charge is 0.337 e. The summed E-state index contributed by atoms with van der Waals surface area (Å²) in [5.41, 5.74) is 7.05. The number of nitrogens with zero attached hydrogens (tertiary/aromatic N) is 1. The molecule has 1 heterocycles. The number of benzene rings is 2. The third-order valence-corrected chi connectivity index (χ3v) is 5.88. The molecule has 1 aliphatic heterocycles. The quantitative estimate of drug-likeness (QED) is 0.882. The highest BCUT2D eigenvalue weighted by Gasteiger charge is 2.25. The molecule has 25 heavy (non-hydrogen) atoms. The second kappa shape index (κ2) is 7.99. The molecule has 0 bridgehead atoms. The van der Waals surface area contributed by atoms with Crippen molar-refractivity contribution >= 4 is 28.2 Å². The smallest absolute Gasteiger partial charge is 0.253 e. The minimum Gasteiger partial charge on any atom is -0.337 e. The van der Waals surface area contributed by atoms with Gasteiger partial charge in [0, 0.05) is 24.7 Å². The first kappa shape index (κ1) is 19.4. The summed E-state index contributed by atoms with van der Waals surface area (Å²) >= 11 is 0. The van der Waals surface area contributed by atoms with Crippen molar-refractivity contribution in [1.82, 2.24) is 4.90 Å². The number of rotatable bonds is 4. The molecular formula is C18H21ClN2O3S. The highest BCUT2D eigenvalue weighted by atomic mass is 35.5. The number of halogens is 1. The monoisotopic (exact) mass is 380 g/mol. The minimum atomic E-state index is -3.43. The first-order valence-corrected chi connectivity index (χ1v) is 9.52. The highest BCUT2D eigenvalue weighted by Crippen LogP contribution is 2.19. The number of hydrogen-bond acceptors (Lipinski definition) is 4. The molecule has 3 rings (SSSR count). The van der Waals surface area contributed by atoms with Gasteiger partial charge in [-0.3, -0.25) is 4.79 Å². The van der Waals surface area contributed by atoms with E-state index in [1.807, 2.05) is 18.2 Å². The lowest BCUT2D eigenvalue weighted by atomic mass is 10.2. The van der Waals surface area contributed by atoms with Crippen molar-refractivity contribution in [2.45, 2.75) is 23.1 Å². The summed E-state index contributed by atoms with van der Waals surface area (Å²) in [6.45, 7) is 1.20. The predicted molar refractivity (Wildman–Crippen MR) is 99.5 cm³/mol. The SMILES string of the molecule is Cl.NC1CCN(C(=O)c2ccc(S(=O)(=O)Cc3ccccc3)cc2)C1. The Labute approximate surface area is 154 Å². The number of nitrogens with two attached hydrogens (primary N) is 1. The molecule has 0 aliphatic carbocycles.